The molecule has 6 nitrogen and oxygen atoms in total. The van der Waals surface area contributed by atoms with Crippen molar-refractivity contribution in [2.24, 2.45) is 0 Å². The highest BCUT2D eigenvalue weighted by molar-refractivity contribution is 8.00. The van der Waals surface area contributed by atoms with E-state index >= 15 is 0 Å². The summed E-state index contributed by atoms with van der Waals surface area (Å²) in [5, 5.41) is 14.6. The van der Waals surface area contributed by atoms with Gasteiger partial charge in [-0.15, -0.1) is 11.8 Å². The van der Waals surface area contributed by atoms with Crippen molar-refractivity contribution >= 4 is 40.9 Å². The van der Waals surface area contributed by atoms with E-state index < -0.39 is 11.2 Å². The van der Waals surface area contributed by atoms with E-state index in [0.29, 0.717) is 16.9 Å². The van der Waals surface area contributed by atoms with Crippen molar-refractivity contribution in [2.45, 2.75) is 24.0 Å². The molecule has 0 radical (unpaired) electrons. The number of carbonyl (C=O) groups is 3. The number of thioether (sulfide) groups is 1. The Balaban J connectivity index is 1.57. The standard InChI is InChI=1S/C30H26N2O4S/c1-19-8-6-11-22(16-19)28(33)31-24-12-7-13-25(18-24)37-27(21-9-4-3-5-10-21)29(34)32-26-17-23(30(35)36)15-14-20(26)2/h3-18,27H,1-2H3,(H,31,33)(H,32,34)(H,35,36). The Hall–Kier alpha value is -4.36. The molecule has 3 N–H and O–H groups in total. The van der Waals surface area contributed by atoms with Gasteiger partial charge in [0.2, 0.25) is 5.91 Å². The second-order valence-corrected chi connectivity index (χ2v) is 9.76. The number of amides is 2. The highest BCUT2D eigenvalue weighted by Gasteiger charge is 2.23. The summed E-state index contributed by atoms with van der Waals surface area (Å²) in [6.07, 6.45) is 0. The summed E-state index contributed by atoms with van der Waals surface area (Å²) < 4.78 is 0. The van der Waals surface area contributed by atoms with Crippen LogP contribution in [0.2, 0.25) is 0 Å². The highest BCUT2D eigenvalue weighted by atomic mass is 32.2. The minimum atomic E-state index is -1.06. The van der Waals surface area contributed by atoms with Crippen LogP contribution in [0.1, 0.15) is 42.7 Å². The van der Waals surface area contributed by atoms with E-state index in [1.165, 1.54) is 23.9 Å². The fraction of sp³-hybridized carbons (Fsp3) is 0.100. The third-order valence-corrected chi connectivity index (χ3v) is 6.96. The molecule has 0 bridgehead atoms. The average molecular weight is 511 g/mol. The second-order valence-electron chi connectivity index (χ2n) is 8.58. The zero-order chi connectivity index (χ0) is 26.4. The van der Waals surface area contributed by atoms with Crippen LogP contribution in [-0.2, 0) is 4.79 Å². The lowest BCUT2D eigenvalue weighted by molar-refractivity contribution is -0.115. The molecule has 7 heteroatoms. The summed E-state index contributed by atoms with van der Waals surface area (Å²) in [6, 6.07) is 28.7. The van der Waals surface area contributed by atoms with Crippen molar-refractivity contribution in [2.75, 3.05) is 10.6 Å². The van der Waals surface area contributed by atoms with Gasteiger partial charge in [-0.25, -0.2) is 4.79 Å². The monoisotopic (exact) mass is 510 g/mol. The first-order valence-electron chi connectivity index (χ1n) is 11.6. The Morgan fingerprint density at radius 2 is 1.51 bits per heavy atom. The molecule has 37 heavy (non-hydrogen) atoms. The highest BCUT2D eigenvalue weighted by Crippen LogP contribution is 2.37. The minimum absolute atomic E-state index is 0.0990. The van der Waals surface area contributed by atoms with Crippen LogP contribution in [-0.4, -0.2) is 22.9 Å². The predicted octanol–water partition coefficient (Wildman–Crippen LogP) is 6.73. The van der Waals surface area contributed by atoms with E-state index in [1.54, 1.807) is 18.2 Å². The van der Waals surface area contributed by atoms with E-state index in [1.807, 2.05) is 80.6 Å². The summed E-state index contributed by atoms with van der Waals surface area (Å²) in [5.41, 5.74) is 4.29. The van der Waals surface area contributed by atoms with Gasteiger partial charge in [0.1, 0.15) is 5.25 Å². The first kappa shape index (κ1) is 25.7. The van der Waals surface area contributed by atoms with Gasteiger partial charge in [0, 0.05) is 21.8 Å². The van der Waals surface area contributed by atoms with E-state index in [0.717, 1.165) is 21.6 Å². The Morgan fingerprint density at radius 1 is 0.757 bits per heavy atom. The number of aromatic carboxylic acids is 1. The van der Waals surface area contributed by atoms with Crippen molar-refractivity contribution in [3.8, 4) is 0 Å². The molecule has 0 saturated carbocycles. The van der Waals surface area contributed by atoms with Crippen LogP contribution in [0.15, 0.2) is 102 Å². The first-order valence-corrected chi connectivity index (χ1v) is 12.5. The summed E-state index contributed by atoms with van der Waals surface area (Å²) in [7, 11) is 0. The van der Waals surface area contributed by atoms with E-state index in [-0.39, 0.29) is 17.4 Å². The number of nitrogens with one attached hydrogen (secondary N) is 2. The van der Waals surface area contributed by atoms with Gasteiger partial charge in [0.25, 0.3) is 5.91 Å². The number of carbonyl (C=O) groups excluding carboxylic acids is 2. The topological polar surface area (TPSA) is 95.5 Å². The fourth-order valence-electron chi connectivity index (χ4n) is 3.76. The van der Waals surface area contributed by atoms with Gasteiger partial charge in [0.15, 0.2) is 0 Å². The number of benzene rings is 4. The molecule has 0 aliphatic heterocycles. The molecule has 4 aromatic carbocycles. The summed E-state index contributed by atoms with van der Waals surface area (Å²) in [5.74, 6) is -1.55. The average Bonchev–Trinajstić information content (AvgIpc) is 2.89. The molecule has 0 aliphatic rings. The number of hydrogen-bond donors (Lipinski definition) is 3. The van der Waals surface area contributed by atoms with Gasteiger partial charge < -0.3 is 15.7 Å². The van der Waals surface area contributed by atoms with Gasteiger partial charge in [0.05, 0.1) is 5.56 Å². The van der Waals surface area contributed by atoms with Crippen molar-refractivity contribution in [1.82, 2.24) is 0 Å². The van der Waals surface area contributed by atoms with Crippen LogP contribution in [0.25, 0.3) is 0 Å². The molecule has 0 aromatic heterocycles. The lowest BCUT2D eigenvalue weighted by atomic mass is 10.1. The van der Waals surface area contributed by atoms with Gasteiger partial charge in [-0.1, -0.05) is 60.2 Å². The molecule has 0 heterocycles. The van der Waals surface area contributed by atoms with E-state index in [9.17, 15) is 19.5 Å². The Morgan fingerprint density at radius 3 is 2.24 bits per heavy atom. The van der Waals surface area contributed by atoms with Crippen LogP contribution in [0.3, 0.4) is 0 Å². The van der Waals surface area contributed by atoms with E-state index in [2.05, 4.69) is 10.6 Å². The van der Waals surface area contributed by atoms with Crippen molar-refractivity contribution in [3.63, 3.8) is 0 Å². The normalized spacial score (nSPS) is 11.4. The molecule has 4 aromatic rings. The van der Waals surface area contributed by atoms with Crippen LogP contribution in [0.4, 0.5) is 11.4 Å². The second kappa shape index (κ2) is 11.6. The number of aryl methyl sites for hydroxylation is 2. The predicted molar refractivity (Wildman–Crippen MR) is 147 cm³/mol. The third-order valence-electron chi connectivity index (χ3n) is 5.71. The Kier molecular flexibility index (Phi) is 8.05. The van der Waals surface area contributed by atoms with Gasteiger partial charge >= 0.3 is 5.97 Å². The molecule has 0 saturated heterocycles. The molecule has 2 amide bonds. The molecular formula is C30H26N2O4S. The van der Waals surface area contributed by atoms with Gasteiger partial charge in [-0.05, 0) is 67.4 Å². The molecule has 0 spiro atoms. The number of rotatable bonds is 8. The van der Waals surface area contributed by atoms with E-state index in [4.69, 9.17) is 0 Å². The maximum absolute atomic E-state index is 13.5. The Labute approximate surface area is 219 Å². The zero-order valence-electron chi connectivity index (χ0n) is 20.4. The zero-order valence-corrected chi connectivity index (χ0v) is 21.2. The summed E-state index contributed by atoms with van der Waals surface area (Å²) >= 11 is 1.35. The maximum atomic E-state index is 13.5. The summed E-state index contributed by atoms with van der Waals surface area (Å²) in [6.45, 7) is 3.74. The van der Waals surface area contributed by atoms with Crippen molar-refractivity contribution in [3.05, 3.63) is 125 Å². The van der Waals surface area contributed by atoms with Crippen LogP contribution >= 0.6 is 11.8 Å². The maximum Gasteiger partial charge on any atom is 0.335 e. The largest absolute Gasteiger partial charge is 0.478 e. The fourth-order valence-corrected chi connectivity index (χ4v) is 4.85. The third kappa shape index (κ3) is 6.65. The first-order chi connectivity index (χ1) is 17.8. The molecule has 1 atom stereocenters. The molecule has 186 valence electrons. The molecular weight excluding hydrogens is 484 g/mol. The Bertz CT molecular complexity index is 1450. The minimum Gasteiger partial charge on any atom is -0.478 e. The van der Waals surface area contributed by atoms with Gasteiger partial charge in [-0.2, -0.15) is 0 Å². The smallest absolute Gasteiger partial charge is 0.335 e. The van der Waals surface area contributed by atoms with Crippen LogP contribution in [0.5, 0.6) is 0 Å². The number of carboxylic acids is 1. The quantitative estimate of drug-likeness (QED) is 0.229. The molecule has 1 unspecified atom stereocenters. The van der Waals surface area contributed by atoms with Gasteiger partial charge in [-0.3, -0.25) is 9.59 Å². The molecule has 0 fully saturated rings. The lowest BCUT2D eigenvalue weighted by Gasteiger charge is -2.19. The summed E-state index contributed by atoms with van der Waals surface area (Å²) in [4.78, 5) is 38.4. The molecule has 4 rings (SSSR count). The van der Waals surface area contributed by atoms with Crippen LogP contribution < -0.4 is 10.6 Å². The molecule has 0 aliphatic carbocycles. The van der Waals surface area contributed by atoms with Crippen LogP contribution in [0, 0.1) is 13.8 Å². The lowest BCUT2D eigenvalue weighted by Crippen LogP contribution is -2.20. The number of carboxylic acid groups (broad SMARTS) is 1. The number of hydrogen-bond acceptors (Lipinski definition) is 4. The number of anilines is 2. The van der Waals surface area contributed by atoms with Crippen molar-refractivity contribution < 1.29 is 19.5 Å². The SMILES string of the molecule is Cc1cccc(C(=O)Nc2cccc(SC(C(=O)Nc3cc(C(=O)O)ccc3C)c3ccccc3)c2)c1. The van der Waals surface area contributed by atoms with Crippen molar-refractivity contribution in [1.29, 1.82) is 0 Å².